The lowest BCUT2D eigenvalue weighted by molar-refractivity contribution is 0.141. The van der Waals surface area contributed by atoms with Gasteiger partial charge in [0.15, 0.2) is 0 Å². The average molecular weight is 242 g/mol. The second-order valence-corrected chi connectivity index (χ2v) is 5.62. The first-order valence-corrected chi connectivity index (χ1v) is 7.18. The van der Waals surface area contributed by atoms with Crippen molar-refractivity contribution in [1.29, 1.82) is 0 Å². The summed E-state index contributed by atoms with van der Waals surface area (Å²) in [6.45, 7) is 13.2. The molecular formula is C14H30N2O. The number of hydrogen-bond acceptors (Lipinski definition) is 3. The van der Waals surface area contributed by atoms with E-state index in [1.807, 2.05) is 0 Å². The standard InChI is InChI=1S/C14H30N2O/c1-12(2)16(13(3)4)9-8-15-14-6-5-10-17-11-7-14/h12-15H,5-11H2,1-4H3. The molecule has 17 heavy (non-hydrogen) atoms. The van der Waals surface area contributed by atoms with Crippen molar-refractivity contribution in [2.45, 2.75) is 65.1 Å². The summed E-state index contributed by atoms with van der Waals surface area (Å²) >= 11 is 0. The highest BCUT2D eigenvalue weighted by atomic mass is 16.5. The molecule has 102 valence electrons. The number of nitrogens with zero attached hydrogens (tertiary/aromatic N) is 1. The fourth-order valence-corrected chi connectivity index (χ4v) is 2.62. The molecule has 1 N–H and O–H groups in total. The first-order valence-electron chi connectivity index (χ1n) is 7.18. The van der Waals surface area contributed by atoms with Gasteiger partial charge in [-0.25, -0.2) is 0 Å². The molecule has 0 radical (unpaired) electrons. The molecule has 0 aromatic rings. The fraction of sp³-hybridized carbons (Fsp3) is 1.00. The predicted molar refractivity (Wildman–Crippen MR) is 73.4 cm³/mol. The van der Waals surface area contributed by atoms with Crippen LogP contribution in [0, 0.1) is 0 Å². The van der Waals surface area contributed by atoms with Gasteiger partial charge in [0.05, 0.1) is 0 Å². The zero-order chi connectivity index (χ0) is 12.7. The summed E-state index contributed by atoms with van der Waals surface area (Å²) in [4.78, 5) is 2.54. The minimum atomic E-state index is 0.634. The molecule has 1 heterocycles. The van der Waals surface area contributed by atoms with Crippen molar-refractivity contribution in [2.75, 3.05) is 26.3 Å². The minimum Gasteiger partial charge on any atom is -0.381 e. The van der Waals surface area contributed by atoms with E-state index in [2.05, 4.69) is 37.9 Å². The van der Waals surface area contributed by atoms with E-state index in [1.54, 1.807) is 0 Å². The first-order chi connectivity index (χ1) is 8.11. The van der Waals surface area contributed by atoms with Crippen LogP contribution >= 0.6 is 0 Å². The molecule has 0 aromatic carbocycles. The van der Waals surface area contributed by atoms with E-state index >= 15 is 0 Å². The van der Waals surface area contributed by atoms with Gasteiger partial charge in [-0.3, -0.25) is 4.90 Å². The Balaban J connectivity index is 2.20. The van der Waals surface area contributed by atoms with E-state index in [1.165, 1.54) is 19.3 Å². The molecule has 1 atom stereocenters. The van der Waals surface area contributed by atoms with Crippen molar-refractivity contribution in [3.05, 3.63) is 0 Å². The van der Waals surface area contributed by atoms with Crippen molar-refractivity contribution < 1.29 is 4.74 Å². The third-order valence-corrected chi connectivity index (χ3v) is 3.58. The van der Waals surface area contributed by atoms with Gasteiger partial charge in [-0.2, -0.15) is 0 Å². The van der Waals surface area contributed by atoms with Crippen LogP contribution in [0.3, 0.4) is 0 Å². The van der Waals surface area contributed by atoms with E-state index in [-0.39, 0.29) is 0 Å². The van der Waals surface area contributed by atoms with Gasteiger partial charge in [0, 0.05) is 44.4 Å². The van der Waals surface area contributed by atoms with Gasteiger partial charge in [-0.15, -0.1) is 0 Å². The van der Waals surface area contributed by atoms with Crippen molar-refractivity contribution in [2.24, 2.45) is 0 Å². The number of hydrogen-bond donors (Lipinski definition) is 1. The Hall–Kier alpha value is -0.120. The van der Waals surface area contributed by atoms with E-state index in [9.17, 15) is 0 Å². The van der Waals surface area contributed by atoms with E-state index < -0.39 is 0 Å². The SMILES string of the molecule is CC(C)N(CCNC1CCCOCC1)C(C)C. The van der Waals surface area contributed by atoms with Crippen LogP contribution in [-0.4, -0.2) is 49.3 Å². The summed E-state index contributed by atoms with van der Waals surface area (Å²) in [6.07, 6.45) is 3.64. The van der Waals surface area contributed by atoms with Crippen LogP contribution in [-0.2, 0) is 4.74 Å². The molecule has 0 amide bonds. The maximum atomic E-state index is 5.48. The maximum absolute atomic E-state index is 5.48. The topological polar surface area (TPSA) is 24.5 Å². The highest BCUT2D eigenvalue weighted by molar-refractivity contribution is 4.73. The molecule has 3 heteroatoms. The molecule has 1 fully saturated rings. The van der Waals surface area contributed by atoms with Crippen LogP contribution in [0.5, 0.6) is 0 Å². The molecular weight excluding hydrogens is 212 g/mol. The van der Waals surface area contributed by atoms with Crippen LogP contribution in [0.4, 0.5) is 0 Å². The molecule has 1 rings (SSSR count). The summed E-state index contributed by atoms with van der Waals surface area (Å²) in [6, 6.07) is 1.93. The predicted octanol–water partition coefficient (Wildman–Crippen LogP) is 2.26. The van der Waals surface area contributed by atoms with E-state index in [4.69, 9.17) is 4.74 Å². The first kappa shape index (κ1) is 14.9. The zero-order valence-corrected chi connectivity index (χ0v) is 12.0. The van der Waals surface area contributed by atoms with Crippen LogP contribution in [0.2, 0.25) is 0 Å². The Bertz CT molecular complexity index is 179. The van der Waals surface area contributed by atoms with Gasteiger partial charge in [-0.05, 0) is 47.0 Å². The van der Waals surface area contributed by atoms with Crippen LogP contribution < -0.4 is 5.32 Å². The lowest BCUT2D eigenvalue weighted by Gasteiger charge is -2.31. The number of nitrogens with one attached hydrogen (secondary N) is 1. The smallest absolute Gasteiger partial charge is 0.0480 e. The highest BCUT2D eigenvalue weighted by Gasteiger charge is 2.15. The minimum absolute atomic E-state index is 0.634. The van der Waals surface area contributed by atoms with Gasteiger partial charge in [-0.1, -0.05) is 0 Å². The molecule has 1 unspecified atom stereocenters. The van der Waals surface area contributed by atoms with Crippen molar-refractivity contribution >= 4 is 0 Å². The Morgan fingerprint density at radius 2 is 1.82 bits per heavy atom. The van der Waals surface area contributed by atoms with Gasteiger partial charge in [0.2, 0.25) is 0 Å². The second-order valence-electron chi connectivity index (χ2n) is 5.62. The fourth-order valence-electron chi connectivity index (χ4n) is 2.62. The zero-order valence-electron chi connectivity index (χ0n) is 12.0. The monoisotopic (exact) mass is 242 g/mol. The average Bonchev–Trinajstić information content (AvgIpc) is 2.51. The summed E-state index contributed by atoms with van der Waals surface area (Å²) < 4.78 is 5.48. The highest BCUT2D eigenvalue weighted by Crippen LogP contribution is 2.08. The third-order valence-electron chi connectivity index (χ3n) is 3.58. The molecule has 0 aliphatic carbocycles. The normalized spacial score (nSPS) is 22.4. The lowest BCUT2D eigenvalue weighted by Crippen LogP contribution is -2.43. The van der Waals surface area contributed by atoms with Crippen LogP contribution in [0.15, 0.2) is 0 Å². The molecule has 0 aromatic heterocycles. The molecule has 1 saturated heterocycles. The Kier molecular flexibility index (Phi) is 7.09. The van der Waals surface area contributed by atoms with Crippen LogP contribution in [0.1, 0.15) is 47.0 Å². The summed E-state index contributed by atoms with van der Waals surface area (Å²) in [7, 11) is 0. The Morgan fingerprint density at radius 1 is 1.12 bits per heavy atom. The second kappa shape index (κ2) is 8.06. The van der Waals surface area contributed by atoms with Crippen molar-refractivity contribution in [3.63, 3.8) is 0 Å². The van der Waals surface area contributed by atoms with E-state index in [0.717, 1.165) is 26.3 Å². The summed E-state index contributed by atoms with van der Waals surface area (Å²) in [5, 5.41) is 3.68. The summed E-state index contributed by atoms with van der Waals surface area (Å²) in [5.41, 5.74) is 0. The molecule has 1 aliphatic rings. The summed E-state index contributed by atoms with van der Waals surface area (Å²) in [5.74, 6) is 0. The van der Waals surface area contributed by atoms with Gasteiger partial charge in [0.1, 0.15) is 0 Å². The largest absolute Gasteiger partial charge is 0.381 e. The third kappa shape index (κ3) is 5.84. The maximum Gasteiger partial charge on any atom is 0.0480 e. The molecule has 0 spiro atoms. The van der Waals surface area contributed by atoms with Gasteiger partial charge in [0.25, 0.3) is 0 Å². The van der Waals surface area contributed by atoms with Gasteiger partial charge >= 0.3 is 0 Å². The van der Waals surface area contributed by atoms with Gasteiger partial charge < -0.3 is 10.1 Å². The lowest BCUT2D eigenvalue weighted by atomic mass is 10.1. The van der Waals surface area contributed by atoms with Crippen molar-refractivity contribution in [1.82, 2.24) is 10.2 Å². The molecule has 0 bridgehead atoms. The van der Waals surface area contributed by atoms with Crippen LogP contribution in [0.25, 0.3) is 0 Å². The number of rotatable bonds is 6. The molecule has 0 saturated carbocycles. The Labute approximate surface area is 107 Å². The quantitative estimate of drug-likeness (QED) is 0.773. The van der Waals surface area contributed by atoms with Crippen molar-refractivity contribution in [3.8, 4) is 0 Å². The molecule has 1 aliphatic heterocycles. The van der Waals surface area contributed by atoms with E-state index in [0.29, 0.717) is 18.1 Å². The number of ether oxygens (including phenoxy) is 1. The molecule has 3 nitrogen and oxygen atoms in total. The Morgan fingerprint density at radius 3 is 2.47 bits per heavy atom.